The lowest BCUT2D eigenvalue weighted by atomic mass is 9.75. The summed E-state index contributed by atoms with van der Waals surface area (Å²) in [6, 6.07) is 9.18. The molecule has 0 amide bonds. The number of aryl methyl sites for hydroxylation is 2. The molecule has 130 valence electrons. The summed E-state index contributed by atoms with van der Waals surface area (Å²) in [4.78, 5) is 0.241. The third-order valence-corrected chi connectivity index (χ3v) is 6.47. The number of aliphatic hydroxyl groups excluding tert-OH is 1. The van der Waals surface area contributed by atoms with Gasteiger partial charge in [-0.3, -0.25) is 4.68 Å². The van der Waals surface area contributed by atoms with Crippen LogP contribution in [-0.4, -0.2) is 29.4 Å². The van der Waals surface area contributed by atoms with Crippen molar-refractivity contribution < 1.29 is 13.5 Å². The van der Waals surface area contributed by atoms with Crippen LogP contribution in [-0.2, 0) is 17.1 Å². The van der Waals surface area contributed by atoms with E-state index in [9.17, 15) is 13.5 Å². The van der Waals surface area contributed by atoms with Gasteiger partial charge in [-0.2, -0.15) is 5.10 Å². The smallest absolute Gasteiger partial charge is 0.244 e. The van der Waals surface area contributed by atoms with Gasteiger partial charge in [-0.1, -0.05) is 30.3 Å². The van der Waals surface area contributed by atoms with E-state index < -0.39 is 10.0 Å². The van der Waals surface area contributed by atoms with Crippen molar-refractivity contribution in [2.45, 2.75) is 43.7 Å². The van der Waals surface area contributed by atoms with Crippen LogP contribution in [0.2, 0.25) is 0 Å². The Labute approximate surface area is 142 Å². The molecule has 0 spiro atoms. The highest BCUT2D eigenvalue weighted by Gasteiger charge is 2.38. The Bertz CT molecular complexity index is 824. The van der Waals surface area contributed by atoms with Gasteiger partial charge in [-0.05, 0) is 38.2 Å². The lowest BCUT2D eigenvalue weighted by Crippen LogP contribution is -2.41. The zero-order valence-corrected chi connectivity index (χ0v) is 14.9. The van der Waals surface area contributed by atoms with Gasteiger partial charge in [0.15, 0.2) is 0 Å². The Morgan fingerprint density at radius 3 is 2.38 bits per heavy atom. The van der Waals surface area contributed by atoms with E-state index in [1.165, 1.54) is 0 Å². The average Bonchev–Trinajstić information content (AvgIpc) is 2.76. The number of hydrogen-bond donors (Lipinski definition) is 2. The SMILES string of the molecule is Cc1nn(C)c(C)c1S(=O)(=O)N[C@@H](c1ccccc1)C1CC(O)C1. The highest BCUT2D eigenvalue weighted by Crippen LogP contribution is 2.39. The Balaban J connectivity index is 1.95. The number of hydrogen-bond acceptors (Lipinski definition) is 4. The first-order valence-electron chi connectivity index (χ1n) is 8.05. The molecule has 2 N–H and O–H groups in total. The molecule has 6 nitrogen and oxygen atoms in total. The summed E-state index contributed by atoms with van der Waals surface area (Å²) < 4.78 is 30.4. The van der Waals surface area contributed by atoms with Crippen LogP contribution in [0, 0.1) is 19.8 Å². The first-order chi connectivity index (χ1) is 11.3. The van der Waals surface area contributed by atoms with Crippen molar-refractivity contribution in [2.75, 3.05) is 0 Å². The molecule has 1 aromatic carbocycles. The number of nitrogens with zero attached hydrogens (tertiary/aromatic N) is 2. The maximum atomic E-state index is 13.0. The molecule has 1 heterocycles. The minimum Gasteiger partial charge on any atom is -0.393 e. The second kappa shape index (κ2) is 6.31. The van der Waals surface area contributed by atoms with Gasteiger partial charge in [0.1, 0.15) is 4.90 Å². The van der Waals surface area contributed by atoms with E-state index in [-0.39, 0.29) is 23.0 Å². The molecule has 2 aromatic rings. The molecule has 24 heavy (non-hydrogen) atoms. The third kappa shape index (κ3) is 3.11. The summed E-state index contributed by atoms with van der Waals surface area (Å²) in [5.74, 6) is 0.0921. The van der Waals surface area contributed by atoms with Gasteiger partial charge in [-0.25, -0.2) is 13.1 Å². The number of rotatable bonds is 5. The van der Waals surface area contributed by atoms with E-state index in [1.54, 1.807) is 25.6 Å². The Morgan fingerprint density at radius 2 is 1.88 bits per heavy atom. The van der Waals surface area contributed by atoms with E-state index in [0.717, 1.165) is 5.56 Å². The van der Waals surface area contributed by atoms with Crippen molar-refractivity contribution in [2.24, 2.45) is 13.0 Å². The van der Waals surface area contributed by atoms with Crippen molar-refractivity contribution in [3.63, 3.8) is 0 Å². The van der Waals surface area contributed by atoms with Crippen molar-refractivity contribution in [3.8, 4) is 0 Å². The molecule has 7 heteroatoms. The molecule has 1 aliphatic rings. The molecule has 3 rings (SSSR count). The highest BCUT2D eigenvalue weighted by molar-refractivity contribution is 7.89. The van der Waals surface area contributed by atoms with Crippen molar-refractivity contribution >= 4 is 10.0 Å². The zero-order valence-electron chi connectivity index (χ0n) is 14.1. The maximum Gasteiger partial charge on any atom is 0.244 e. The molecule has 1 saturated carbocycles. The predicted molar refractivity (Wildman–Crippen MR) is 90.9 cm³/mol. The molecule has 1 aliphatic carbocycles. The highest BCUT2D eigenvalue weighted by atomic mass is 32.2. The minimum atomic E-state index is -3.70. The largest absolute Gasteiger partial charge is 0.393 e. The molecular formula is C17H23N3O3S. The van der Waals surface area contributed by atoms with Crippen LogP contribution in [0.4, 0.5) is 0 Å². The predicted octanol–water partition coefficient (Wildman–Crippen LogP) is 1.83. The topological polar surface area (TPSA) is 84.2 Å². The fourth-order valence-corrected chi connectivity index (χ4v) is 5.10. The molecular weight excluding hydrogens is 326 g/mol. The van der Waals surface area contributed by atoms with Gasteiger partial charge in [0.2, 0.25) is 10.0 Å². The molecule has 1 fully saturated rings. The average molecular weight is 349 g/mol. The van der Waals surface area contributed by atoms with Crippen molar-refractivity contribution in [3.05, 3.63) is 47.3 Å². The number of benzene rings is 1. The second-order valence-electron chi connectivity index (χ2n) is 6.52. The van der Waals surface area contributed by atoms with Gasteiger partial charge in [0.05, 0.1) is 17.5 Å². The molecule has 0 bridgehead atoms. The summed E-state index contributed by atoms with van der Waals surface area (Å²) in [5, 5.41) is 13.8. The standard InChI is InChI=1S/C17H23N3O3S/c1-11-17(12(2)20(3)18-11)24(22,23)19-16(14-9-15(21)10-14)13-7-5-4-6-8-13/h4-8,14-16,19,21H,9-10H2,1-3H3/t14?,15?,16-/m0/s1. The van der Waals surface area contributed by atoms with Crippen LogP contribution < -0.4 is 4.72 Å². The monoisotopic (exact) mass is 349 g/mol. The number of sulfonamides is 1. The van der Waals surface area contributed by atoms with Crippen LogP contribution in [0.5, 0.6) is 0 Å². The van der Waals surface area contributed by atoms with Crippen LogP contribution in [0.1, 0.15) is 35.8 Å². The van der Waals surface area contributed by atoms with E-state index in [2.05, 4.69) is 9.82 Å². The van der Waals surface area contributed by atoms with Crippen molar-refractivity contribution in [1.82, 2.24) is 14.5 Å². The van der Waals surface area contributed by atoms with Crippen LogP contribution in [0.3, 0.4) is 0 Å². The molecule has 1 atom stereocenters. The lowest BCUT2D eigenvalue weighted by Gasteiger charge is -2.38. The first kappa shape index (κ1) is 17.1. The first-order valence-corrected chi connectivity index (χ1v) is 9.53. The molecule has 0 aliphatic heterocycles. The Hall–Kier alpha value is -1.70. The quantitative estimate of drug-likeness (QED) is 0.862. The zero-order chi connectivity index (χ0) is 17.5. The number of aromatic nitrogens is 2. The minimum absolute atomic E-state index is 0.0921. The Morgan fingerprint density at radius 1 is 1.25 bits per heavy atom. The molecule has 0 saturated heterocycles. The van der Waals surface area contributed by atoms with Gasteiger partial charge >= 0.3 is 0 Å². The molecule has 0 radical (unpaired) electrons. The van der Waals surface area contributed by atoms with E-state index >= 15 is 0 Å². The third-order valence-electron chi connectivity index (χ3n) is 4.77. The number of aliphatic hydroxyl groups is 1. The fourth-order valence-electron chi connectivity index (χ4n) is 3.37. The summed E-state index contributed by atoms with van der Waals surface area (Å²) >= 11 is 0. The van der Waals surface area contributed by atoms with E-state index in [0.29, 0.717) is 24.2 Å². The summed E-state index contributed by atoms with van der Waals surface area (Å²) in [7, 11) is -1.97. The number of nitrogens with one attached hydrogen (secondary N) is 1. The van der Waals surface area contributed by atoms with E-state index in [1.807, 2.05) is 30.3 Å². The summed E-state index contributed by atoms with van der Waals surface area (Å²) in [6.07, 6.45) is 0.868. The second-order valence-corrected chi connectivity index (χ2v) is 8.17. The van der Waals surface area contributed by atoms with Crippen LogP contribution >= 0.6 is 0 Å². The fraction of sp³-hybridized carbons (Fsp3) is 0.471. The van der Waals surface area contributed by atoms with Crippen LogP contribution in [0.15, 0.2) is 35.2 Å². The van der Waals surface area contributed by atoms with Crippen LogP contribution in [0.25, 0.3) is 0 Å². The normalized spacial score (nSPS) is 22.2. The maximum absolute atomic E-state index is 13.0. The lowest BCUT2D eigenvalue weighted by molar-refractivity contribution is 0.0280. The summed E-state index contributed by atoms with van der Waals surface area (Å²) in [5.41, 5.74) is 2.01. The summed E-state index contributed by atoms with van der Waals surface area (Å²) in [6.45, 7) is 3.45. The van der Waals surface area contributed by atoms with Crippen molar-refractivity contribution in [1.29, 1.82) is 0 Å². The Kier molecular flexibility index (Phi) is 4.50. The van der Waals surface area contributed by atoms with Gasteiger partial charge in [-0.15, -0.1) is 0 Å². The van der Waals surface area contributed by atoms with Gasteiger partial charge < -0.3 is 5.11 Å². The molecule has 0 unspecified atom stereocenters. The van der Waals surface area contributed by atoms with Gasteiger partial charge in [0.25, 0.3) is 0 Å². The van der Waals surface area contributed by atoms with Gasteiger partial charge in [0, 0.05) is 13.1 Å². The molecule has 1 aromatic heterocycles. The van der Waals surface area contributed by atoms with E-state index in [4.69, 9.17) is 0 Å².